The van der Waals surface area contributed by atoms with Crippen LogP contribution >= 0.6 is 11.3 Å². The van der Waals surface area contributed by atoms with Gasteiger partial charge in [0.2, 0.25) is 5.91 Å². The van der Waals surface area contributed by atoms with Crippen LogP contribution in [0, 0.1) is 5.82 Å². The van der Waals surface area contributed by atoms with Crippen LogP contribution in [0.25, 0.3) is 6.08 Å². The number of thiazole rings is 1. The number of nitrogens with one attached hydrogen (secondary N) is 2. The molecule has 0 bridgehead atoms. The number of amides is 1. The van der Waals surface area contributed by atoms with Crippen molar-refractivity contribution in [1.29, 1.82) is 0 Å². The predicted octanol–water partition coefficient (Wildman–Crippen LogP) is 3.73. The van der Waals surface area contributed by atoms with Crippen molar-refractivity contribution in [1.82, 2.24) is 4.98 Å². The number of hydrogen-bond donors (Lipinski definition) is 2. The van der Waals surface area contributed by atoms with Crippen LogP contribution in [-0.2, 0) is 14.8 Å². The highest BCUT2D eigenvalue weighted by Gasteiger charge is 2.15. The lowest BCUT2D eigenvalue weighted by atomic mass is 10.2. The van der Waals surface area contributed by atoms with E-state index in [-0.39, 0.29) is 15.8 Å². The number of benzene rings is 2. The van der Waals surface area contributed by atoms with Gasteiger partial charge in [-0.3, -0.25) is 9.52 Å². The number of hydrogen-bond acceptors (Lipinski definition) is 5. The van der Waals surface area contributed by atoms with Crippen molar-refractivity contribution in [3.8, 4) is 0 Å². The molecular weight excluding hydrogens is 389 g/mol. The molecule has 3 aromatic rings. The summed E-state index contributed by atoms with van der Waals surface area (Å²) in [4.78, 5) is 15.9. The Labute approximate surface area is 159 Å². The number of rotatable bonds is 6. The van der Waals surface area contributed by atoms with Crippen LogP contribution in [-0.4, -0.2) is 19.3 Å². The summed E-state index contributed by atoms with van der Waals surface area (Å²) in [5, 5.41) is 4.54. The molecule has 0 unspecified atom stereocenters. The molecule has 0 aliphatic carbocycles. The molecule has 0 radical (unpaired) electrons. The van der Waals surface area contributed by atoms with E-state index in [4.69, 9.17) is 0 Å². The van der Waals surface area contributed by atoms with Gasteiger partial charge in [-0.25, -0.2) is 17.8 Å². The highest BCUT2D eigenvalue weighted by molar-refractivity contribution is 7.93. The largest absolute Gasteiger partial charge is 0.323 e. The molecule has 0 spiro atoms. The summed E-state index contributed by atoms with van der Waals surface area (Å²) >= 11 is 1.17. The van der Waals surface area contributed by atoms with Crippen molar-refractivity contribution < 1.29 is 17.6 Å². The van der Waals surface area contributed by atoms with Gasteiger partial charge in [0.1, 0.15) is 5.82 Å². The standard InChI is InChI=1S/C18H14FN3O3S2/c19-14-3-1-2-13(12-14)4-9-17(23)21-15-5-7-16(8-6-15)27(24,25)22-18-20-10-11-26-18/h1-12H,(H,20,22)(H,21,23)/b9-4+. The summed E-state index contributed by atoms with van der Waals surface area (Å²) < 4.78 is 40.0. The first kappa shape index (κ1) is 18.7. The zero-order valence-electron chi connectivity index (χ0n) is 13.8. The summed E-state index contributed by atoms with van der Waals surface area (Å²) in [5.41, 5.74) is 0.983. The normalized spacial score (nSPS) is 11.4. The van der Waals surface area contributed by atoms with Crippen LogP contribution < -0.4 is 10.0 Å². The second-order valence-electron chi connectivity index (χ2n) is 5.34. The third-order valence-corrected chi connectivity index (χ3v) is 5.53. The Kier molecular flexibility index (Phi) is 5.63. The zero-order chi connectivity index (χ0) is 19.3. The van der Waals surface area contributed by atoms with E-state index < -0.39 is 15.9 Å². The minimum Gasteiger partial charge on any atom is -0.323 e. The number of halogens is 1. The molecule has 9 heteroatoms. The van der Waals surface area contributed by atoms with Gasteiger partial charge in [-0.05, 0) is 48.0 Å². The molecular formula is C18H14FN3O3S2. The van der Waals surface area contributed by atoms with Crippen LogP contribution in [0.5, 0.6) is 0 Å². The molecule has 0 aliphatic rings. The van der Waals surface area contributed by atoms with E-state index in [1.54, 1.807) is 17.5 Å². The van der Waals surface area contributed by atoms with Crippen molar-refractivity contribution in [3.63, 3.8) is 0 Å². The Balaban J connectivity index is 1.64. The molecule has 27 heavy (non-hydrogen) atoms. The topological polar surface area (TPSA) is 88.2 Å². The molecule has 6 nitrogen and oxygen atoms in total. The first-order valence-electron chi connectivity index (χ1n) is 7.69. The fourth-order valence-corrected chi connectivity index (χ4v) is 3.92. The lowest BCUT2D eigenvalue weighted by Gasteiger charge is -2.07. The Bertz CT molecular complexity index is 1060. The van der Waals surface area contributed by atoms with Gasteiger partial charge in [0.25, 0.3) is 10.0 Å². The van der Waals surface area contributed by atoms with Crippen LogP contribution in [0.15, 0.2) is 71.1 Å². The average molecular weight is 403 g/mol. The predicted molar refractivity (Wildman–Crippen MR) is 103 cm³/mol. The van der Waals surface area contributed by atoms with Crippen LogP contribution in [0.1, 0.15) is 5.56 Å². The molecule has 0 saturated heterocycles. The van der Waals surface area contributed by atoms with E-state index in [1.165, 1.54) is 66.1 Å². The first-order chi connectivity index (χ1) is 12.9. The first-order valence-corrected chi connectivity index (χ1v) is 10.1. The highest BCUT2D eigenvalue weighted by atomic mass is 32.2. The third kappa shape index (κ3) is 5.22. The van der Waals surface area contributed by atoms with Crippen molar-refractivity contribution in [2.24, 2.45) is 0 Å². The van der Waals surface area contributed by atoms with Crippen LogP contribution in [0.2, 0.25) is 0 Å². The number of nitrogens with zero attached hydrogens (tertiary/aromatic N) is 1. The van der Waals surface area contributed by atoms with Gasteiger partial charge in [0.15, 0.2) is 5.13 Å². The molecule has 0 saturated carbocycles. The lowest BCUT2D eigenvalue weighted by Crippen LogP contribution is -2.13. The molecule has 138 valence electrons. The Hall–Kier alpha value is -3.04. The molecule has 1 aromatic heterocycles. The van der Waals surface area contributed by atoms with E-state index in [0.29, 0.717) is 11.3 Å². The van der Waals surface area contributed by atoms with Gasteiger partial charge in [0.05, 0.1) is 4.90 Å². The molecule has 1 amide bonds. The van der Waals surface area contributed by atoms with E-state index in [1.807, 2.05) is 0 Å². The van der Waals surface area contributed by atoms with E-state index in [0.717, 1.165) is 0 Å². The fourth-order valence-electron chi connectivity index (χ4n) is 2.13. The second kappa shape index (κ2) is 8.11. The zero-order valence-corrected chi connectivity index (χ0v) is 15.4. The summed E-state index contributed by atoms with van der Waals surface area (Å²) in [5.74, 6) is -0.809. The molecule has 0 aliphatic heterocycles. The van der Waals surface area contributed by atoms with Gasteiger partial charge < -0.3 is 5.32 Å². The van der Waals surface area contributed by atoms with Gasteiger partial charge in [-0.2, -0.15) is 0 Å². The van der Waals surface area contributed by atoms with Crippen LogP contribution in [0.4, 0.5) is 15.2 Å². The van der Waals surface area contributed by atoms with Crippen molar-refractivity contribution in [2.45, 2.75) is 4.90 Å². The summed E-state index contributed by atoms with van der Waals surface area (Å²) in [6, 6.07) is 11.5. The molecule has 1 heterocycles. The van der Waals surface area contributed by atoms with E-state index in [9.17, 15) is 17.6 Å². The molecule has 2 N–H and O–H groups in total. The summed E-state index contributed by atoms with van der Waals surface area (Å²) in [6.07, 6.45) is 4.25. The van der Waals surface area contributed by atoms with E-state index >= 15 is 0 Å². The molecule has 0 fully saturated rings. The fraction of sp³-hybridized carbons (Fsp3) is 0. The smallest absolute Gasteiger partial charge is 0.263 e. The van der Waals surface area contributed by atoms with Crippen molar-refractivity contribution in [2.75, 3.05) is 10.0 Å². The maximum atomic E-state index is 13.1. The summed E-state index contributed by atoms with van der Waals surface area (Å²) in [6.45, 7) is 0. The second-order valence-corrected chi connectivity index (χ2v) is 7.92. The lowest BCUT2D eigenvalue weighted by molar-refractivity contribution is -0.111. The SMILES string of the molecule is O=C(/C=C/c1cccc(F)c1)Nc1ccc(S(=O)(=O)Nc2nccs2)cc1. The minimum atomic E-state index is -3.74. The monoisotopic (exact) mass is 403 g/mol. The highest BCUT2D eigenvalue weighted by Crippen LogP contribution is 2.19. The minimum absolute atomic E-state index is 0.0472. The molecule has 0 atom stereocenters. The van der Waals surface area contributed by atoms with Gasteiger partial charge in [-0.1, -0.05) is 12.1 Å². The number of carbonyl (C=O) groups excluding carboxylic acids is 1. The van der Waals surface area contributed by atoms with Crippen molar-refractivity contribution >= 4 is 44.2 Å². The number of carbonyl (C=O) groups is 1. The van der Waals surface area contributed by atoms with Gasteiger partial charge in [0, 0.05) is 23.3 Å². The molecule has 3 rings (SSSR count). The Morgan fingerprint density at radius 3 is 2.59 bits per heavy atom. The van der Waals surface area contributed by atoms with Crippen molar-refractivity contribution in [3.05, 3.63) is 77.6 Å². The summed E-state index contributed by atoms with van der Waals surface area (Å²) in [7, 11) is -3.74. The van der Waals surface area contributed by atoms with E-state index in [2.05, 4.69) is 15.0 Å². The Morgan fingerprint density at radius 2 is 1.93 bits per heavy atom. The van der Waals surface area contributed by atoms with Crippen LogP contribution in [0.3, 0.4) is 0 Å². The average Bonchev–Trinajstić information content (AvgIpc) is 3.13. The quantitative estimate of drug-likeness (QED) is 0.614. The van der Waals surface area contributed by atoms with Gasteiger partial charge >= 0.3 is 0 Å². The Morgan fingerprint density at radius 1 is 1.15 bits per heavy atom. The number of aromatic nitrogens is 1. The maximum Gasteiger partial charge on any atom is 0.263 e. The third-order valence-electron chi connectivity index (χ3n) is 3.36. The number of sulfonamides is 1. The van der Waals surface area contributed by atoms with Gasteiger partial charge in [-0.15, -0.1) is 11.3 Å². The molecule has 2 aromatic carbocycles. The maximum absolute atomic E-state index is 13.1. The number of anilines is 2.